The van der Waals surface area contributed by atoms with Crippen LogP contribution in [0, 0.1) is 6.92 Å². The quantitative estimate of drug-likeness (QED) is 0.226. The molecule has 0 aliphatic rings. The number of nitrogens with zero attached hydrogens (tertiary/aromatic N) is 1. The minimum Gasteiger partial charge on any atom is -0.548 e. The van der Waals surface area contributed by atoms with Crippen molar-refractivity contribution in [3.8, 4) is 11.5 Å². The third kappa shape index (κ3) is 8.00. The van der Waals surface area contributed by atoms with Gasteiger partial charge in [-0.3, -0.25) is 9.59 Å². The highest BCUT2D eigenvalue weighted by atomic mass is 16.5. The first-order chi connectivity index (χ1) is 19.7. The molecule has 0 fully saturated rings. The zero-order valence-electron chi connectivity index (χ0n) is 24.3. The maximum absolute atomic E-state index is 13.8. The number of carbonyl (C=O) groups is 3. The number of unbranched alkanes of at least 4 members (excludes halogenated alkanes) is 2. The van der Waals surface area contributed by atoms with Crippen molar-refractivity contribution in [2.45, 2.75) is 71.0 Å². The molecule has 0 saturated carbocycles. The van der Waals surface area contributed by atoms with E-state index in [9.17, 15) is 19.5 Å². The van der Waals surface area contributed by atoms with Gasteiger partial charge in [-0.15, -0.1) is 0 Å². The van der Waals surface area contributed by atoms with Crippen molar-refractivity contribution in [1.29, 1.82) is 0 Å². The Hall–Kier alpha value is -4.05. The van der Waals surface area contributed by atoms with Crippen LogP contribution in [-0.4, -0.2) is 49.2 Å². The first kappa shape index (κ1) is 31.5. The van der Waals surface area contributed by atoms with Crippen LogP contribution in [0.4, 0.5) is 0 Å². The summed E-state index contributed by atoms with van der Waals surface area (Å²) in [6.45, 7) is 3.98. The van der Waals surface area contributed by atoms with E-state index in [4.69, 9.17) is 15.2 Å². The molecule has 0 saturated heterocycles. The van der Waals surface area contributed by atoms with Gasteiger partial charge in [0.25, 0.3) is 5.91 Å². The molecule has 3 aromatic rings. The lowest BCUT2D eigenvalue weighted by molar-refractivity contribution is -0.306. The van der Waals surface area contributed by atoms with Gasteiger partial charge in [0.2, 0.25) is 5.91 Å². The lowest BCUT2D eigenvalue weighted by Gasteiger charge is -2.27. The highest BCUT2D eigenvalue weighted by Gasteiger charge is 2.28. The number of amides is 2. The number of hydrogen-bond donors (Lipinski definition) is 3. The van der Waals surface area contributed by atoms with Crippen LogP contribution in [0.5, 0.6) is 11.5 Å². The molecule has 222 valence electrons. The van der Waals surface area contributed by atoms with Gasteiger partial charge in [-0.2, -0.15) is 0 Å². The number of benzene rings is 2. The molecular weight excluding hydrogens is 524 g/mol. The van der Waals surface area contributed by atoms with E-state index in [1.165, 1.54) is 4.57 Å². The number of nitrogens with one attached hydrogen (secondary N) is 2. The van der Waals surface area contributed by atoms with Crippen molar-refractivity contribution in [1.82, 2.24) is 15.2 Å². The Morgan fingerprint density at radius 1 is 0.976 bits per heavy atom. The molecule has 1 aromatic heterocycles. The minimum atomic E-state index is -1.32. The van der Waals surface area contributed by atoms with Crippen LogP contribution >= 0.6 is 0 Å². The zero-order valence-corrected chi connectivity index (χ0v) is 24.3. The summed E-state index contributed by atoms with van der Waals surface area (Å²) < 4.78 is 12.7. The number of aryl methyl sites for hydroxylation is 1. The second-order valence-corrected chi connectivity index (χ2v) is 10.1. The topological polar surface area (TPSA) is 148 Å². The Morgan fingerprint density at radius 3 is 2.27 bits per heavy atom. The second kappa shape index (κ2) is 15.1. The molecule has 41 heavy (non-hydrogen) atoms. The standard InChI is InChI=1S/C31H42N4O6/c1-5-6-12-22(29-26(40-3)16-20(2)17-27(29)41-4)33-30(38)23(13-9-10-15-32)34-31(39)25-18-21-11-7-8-14-24(21)35(25)19-28(36)37/h7-8,11,14,16-18,22-23H,5-6,9-10,12-13,15,19,32H2,1-4H3,(H,33,38)(H,34,39)(H,36,37)/p-1. The Morgan fingerprint density at radius 2 is 1.66 bits per heavy atom. The highest BCUT2D eigenvalue weighted by molar-refractivity contribution is 6.01. The maximum Gasteiger partial charge on any atom is 0.268 e. The predicted molar refractivity (Wildman–Crippen MR) is 156 cm³/mol. The number of carbonyl (C=O) groups excluding carboxylic acids is 3. The number of ether oxygens (including phenoxy) is 2. The molecule has 1 heterocycles. The van der Waals surface area contributed by atoms with Gasteiger partial charge in [0.1, 0.15) is 23.2 Å². The molecular formula is C31H41N4O6-. The number of carboxylic acids is 1. The van der Waals surface area contributed by atoms with Crippen LogP contribution in [0.25, 0.3) is 10.9 Å². The molecule has 10 nitrogen and oxygen atoms in total. The molecule has 2 unspecified atom stereocenters. The number of hydrogen-bond acceptors (Lipinski definition) is 7. The van der Waals surface area contributed by atoms with Crippen LogP contribution in [-0.2, 0) is 16.1 Å². The molecule has 0 bridgehead atoms. The number of para-hydroxylation sites is 1. The Labute approximate surface area is 241 Å². The molecule has 2 amide bonds. The Kier molecular flexibility index (Phi) is 11.6. The summed E-state index contributed by atoms with van der Waals surface area (Å²) in [7, 11) is 3.16. The molecule has 2 atom stereocenters. The SMILES string of the molecule is CCCCC(NC(=O)C(CCCCN)NC(=O)c1cc2ccccc2n1CC(=O)[O-])c1c(OC)cc(C)cc1OC. The Balaban J connectivity index is 1.94. The van der Waals surface area contributed by atoms with Crippen molar-refractivity contribution < 1.29 is 29.0 Å². The molecule has 2 aromatic carbocycles. The van der Waals surface area contributed by atoms with Gasteiger partial charge in [-0.05, 0) is 69.0 Å². The molecule has 10 heteroatoms. The lowest BCUT2D eigenvalue weighted by atomic mass is 9.96. The summed E-state index contributed by atoms with van der Waals surface area (Å²) in [6, 6.07) is 11.2. The summed E-state index contributed by atoms with van der Waals surface area (Å²) in [5.41, 5.74) is 8.12. The van der Waals surface area contributed by atoms with Crippen molar-refractivity contribution in [3.05, 3.63) is 59.3 Å². The van der Waals surface area contributed by atoms with Crippen LogP contribution in [0.1, 0.15) is 73.1 Å². The maximum atomic E-state index is 13.8. The van der Waals surface area contributed by atoms with Gasteiger partial charge in [0, 0.05) is 10.9 Å². The molecule has 0 radical (unpaired) electrons. The summed E-state index contributed by atoms with van der Waals surface area (Å²) in [4.78, 5) is 38.8. The van der Waals surface area contributed by atoms with Gasteiger partial charge >= 0.3 is 0 Å². The molecule has 0 aliphatic heterocycles. The van der Waals surface area contributed by atoms with Gasteiger partial charge in [0.15, 0.2) is 0 Å². The monoisotopic (exact) mass is 565 g/mol. The number of carboxylic acid groups (broad SMARTS) is 1. The van der Waals surface area contributed by atoms with Crippen LogP contribution in [0.2, 0.25) is 0 Å². The van der Waals surface area contributed by atoms with Crippen molar-refractivity contribution in [2.75, 3.05) is 20.8 Å². The number of aromatic nitrogens is 1. The van der Waals surface area contributed by atoms with E-state index in [-0.39, 0.29) is 11.6 Å². The van der Waals surface area contributed by atoms with E-state index < -0.39 is 30.5 Å². The van der Waals surface area contributed by atoms with Gasteiger partial charge < -0.3 is 40.3 Å². The van der Waals surface area contributed by atoms with Gasteiger partial charge in [-0.25, -0.2) is 0 Å². The zero-order chi connectivity index (χ0) is 29.9. The molecule has 4 N–H and O–H groups in total. The Bertz CT molecular complexity index is 1330. The van der Waals surface area contributed by atoms with Gasteiger partial charge in [0.05, 0.1) is 38.3 Å². The third-order valence-corrected chi connectivity index (χ3v) is 7.10. The van der Waals surface area contributed by atoms with E-state index >= 15 is 0 Å². The minimum absolute atomic E-state index is 0.136. The number of fused-ring (bicyclic) bond motifs is 1. The number of nitrogens with two attached hydrogens (primary N) is 1. The molecule has 3 rings (SSSR count). The second-order valence-electron chi connectivity index (χ2n) is 10.1. The lowest BCUT2D eigenvalue weighted by Crippen LogP contribution is -2.48. The van der Waals surface area contributed by atoms with E-state index in [1.807, 2.05) is 19.1 Å². The van der Waals surface area contributed by atoms with Gasteiger partial charge in [-0.1, -0.05) is 38.0 Å². The predicted octanol–water partition coefficient (Wildman–Crippen LogP) is 2.99. The molecule has 0 spiro atoms. The van der Waals surface area contributed by atoms with E-state index in [2.05, 4.69) is 17.6 Å². The van der Waals surface area contributed by atoms with Crippen LogP contribution in [0.15, 0.2) is 42.5 Å². The van der Waals surface area contributed by atoms with E-state index in [0.717, 1.165) is 24.0 Å². The highest BCUT2D eigenvalue weighted by Crippen LogP contribution is 2.38. The fourth-order valence-electron chi connectivity index (χ4n) is 5.07. The van der Waals surface area contributed by atoms with Crippen molar-refractivity contribution in [2.24, 2.45) is 5.73 Å². The molecule has 0 aliphatic carbocycles. The first-order valence-electron chi connectivity index (χ1n) is 14.1. The van der Waals surface area contributed by atoms with E-state index in [0.29, 0.717) is 54.6 Å². The smallest absolute Gasteiger partial charge is 0.268 e. The summed E-state index contributed by atoms with van der Waals surface area (Å²) in [6.07, 6.45) is 4.07. The first-order valence-corrected chi connectivity index (χ1v) is 14.1. The fourth-order valence-corrected chi connectivity index (χ4v) is 5.07. The third-order valence-electron chi connectivity index (χ3n) is 7.10. The fraction of sp³-hybridized carbons (Fsp3) is 0.452. The normalized spacial score (nSPS) is 12.5. The van der Waals surface area contributed by atoms with Crippen LogP contribution in [0.3, 0.4) is 0 Å². The largest absolute Gasteiger partial charge is 0.548 e. The summed E-state index contributed by atoms with van der Waals surface area (Å²) >= 11 is 0. The average Bonchev–Trinajstić information content (AvgIpc) is 3.32. The number of aliphatic carboxylic acids is 1. The van der Waals surface area contributed by atoms with Crippen molar-refractivity contribution in [3.63, 3.8) is 0 Å². The van der Waals surface area contributed by atoms with Crippen LogP contribution < -0.4 is 30.9 Å². The average molecular weight is 566 g/mol. The summed E-state index contributed by atoms with van der Waals surface area (Å²) in [5.74, 6) is -1.01. The number of rotatable bonds is 16. The van der Waals surface area contributed by atoms with Crippen molar-refractivity contribution >= 4 is 28.7 Å². The van der Waals surface area contributed by atoms with E-state index in [1.54, 1.807) is 44.6 Å². The summed E-state index contributed by atoms with van der Waals surface area (Å²) in [5, 5.41) is 18.2. The number of methoxy groups -OCH3 is 2.